The average Bonchev–Trinajstić information content (AvgIpc) is 2.92. The van der Waals surface area contributed by atoms with Crippen LogP contribution in [-0.2, 0) is 6.54 Å². The van der Waals surface area contributed by atoms with Gasteiger partial charge in [0.05, 0.1) is 18.7 Å². The molecule has 0 unspecified atom stereocenters. The summed E-state index contributed by atoms with van der Waals surface area (Å²) in [4.78, 5) is 36.5. The second-order valence-corrected chi connectivity index (χ2v) is 8.79. The van der Waals surface area contributed by atoms with Crippen LogP contribution in [0.5, 0.6) is 5.75 Å². The quantitative estimate of drug-likeness (QED) is 0.636. The Kier molecular flexibility index (Phi) is 6.00. The highest BCUT2D eigenvalue weighted by Crippen LogP contribution is 2.32. The van der Waals surface area contributed by atoms with Gasteiger partial charge in [-0.2, -0.15) is 0 Å². The van der Waals surface area contributed by atoms with Crippen molar-refractivity contribution in [1.82, 2.24) is 14.9 Å². The maximum atomic E-state index is 13.3. The molecule has 2 heterocycles. The Bertz CT molecular complexity index is 1160. The van der Waals surface area contributed by atoms with Gasteiger partial charge in [0, 0.05) is 23.6 Å². The van der Waals surface area contributed by atoms with Crippen LogP contribution in [0.4, 0.5) is 10.5 Å². The molecule has 0 atom stereocenters. The van der Waals surface area contributed by atoms with Gasteiger partial charge in [-0.05, 0) is 62.2 Å². The summed E-state index contributed by atoms with van der Waals surface area (Å²) < 4.78 is 5.82. The number of carboxylic acid groups (broad SMARTS) is 1. The van der Waals surface area contributed by atoms with Gasteiger partial charge in [-0.15, -0.1) is 0 Å². The van der Waals surface area contributed by atoms with Crippen LogP contribution in [-0.4, -0.2) is 50.7 Å². The van der Waals surface area contributed by atoms with Crippen molar-refractivity contribution >= 4 is 17.7 Å². The summed E-state index contributed by atoms with van der Waals surface area (Å²) in [7, 11) is 0. The van der Waals surface area contributed by atoms with Gasteiger partial charge in [-0.1, -0.05) is 18.2 Å². The highest BCUT2D eigenvalue weighted by atomic mass is 16.5. The number of fused-ring (bicyclic) bond motifs is 1. The number of aromatic nitrogens is 2. The van der Waals surface area contributed by atoms with E-state index in [1.807, 2.05) is 45.0 Å². The molecule has 33 heavy (non-hydrogen) atoms. The van der Waals surface area contributed by atoms with Gasteiger partial charge in [-0.3, -0.25) is 9.69 Å². The van der Waals surface area contributed by atoms with Crippen molar-refractivity contribution in [2.24, 2.45) is 0 Å². The van der Waals surface area contributed by atoms with E-state index in [2.05, 4.69) is 9.97 Å². The van der Waals surface area contributed by atoms with Gasteiger partial charge in [0.15, 0.2) is 0 Å². The van der Waals surface area contributed by atoms with E-state index in [1.54, 1.807) is 41.6 Å². The fourth-order valence-corrected chi connectivity index (χ4v) is 3.86. The molecule has 0 saturated carbocycles. The lowest BCUT2D eigenvalue weighted by Crippen LogP contribution is -2.45. The van der Waals surface area contributed by atoms with E-state index in [9.17, 15) is 14.7 Å². The predicted molar refractivity (Wildman–Crippen MR) is 124 cm³/mol. The van der Waals surface area contributed by atoms with Crippen LogP contribution in [0.2, 0.25) is 0 Å². The first-order valence-electron chi connectivity index (χ1n) is 10.7. The van der Waals surface area contributed by atoms with Crippen molar-refractivity contribution in [2.45, 2.75) is 32.9 Å². The SMILES string of the molecule is CC(C)(C)N(C(=O)O)c1ccc(-c2ccc3c(c2)C(=O)N(Cc2ncccn2)CCO3)cc1. The molecule has 0 aliphatic carbocycles. The van der Waals surface area contributed by atoms with E-state index in [0.29, 0.717) is 42.5 Å². The maximum Gasteiger partial charge on any atom is 0.412 e. The molecule has 3 aromatic rings. The Balaban J connectivity index is 1.62. The number of carbonyl (C=O) groups is 2. The predicted octanol–water partition coefficient (Wildman–Crippen LogP) is 4.46. The van der Waals surface area contributed by atoms with E-state index >= 15 is 0 Å². The first kappa shape index (κ1) is 22.3. The smallest absolute Gasteiger partial charge is 0.412 e. The second-order valence-electron chi connectivity index (χ2n) is 8.79. The minimum absolute atomic E-state index is 0.141. The zero-order chi connectivity index (χ0) is 23.6. The van der Waals surface area contributed by atoms with Crippen LogP contribution < -0.4 is 9.64 Å². The minimum Gasteiger partial charge on any atom is -0.491 e. The Labute approximate surface area is 192 Å². The molecule has 0 spiro atoms. The number of hydrogen-bond donors (Lipinski definition) is 1. The van der Waals surface area contributed by atoms with Crippen LogP contribution in [0.3, 0.4) is 0 Å². The van der Waals surface area contributed by atoms with Crippen molar-refractivity contribution < 1.29 is 19.4 Å². The molecule has 4 rings (SSSR count). The zero-order valence-electron chi connectivity index (χ0n) is 18.9. The molecule has 1 aliphatic heterocycles. The number of nitrogens with zero attached hydrogens (tertiary/aromatic N) is 4. The fraction of sp³-hybridized carbons (Fsp3) is 0.280. The monoisotopic (exact) mass is 446 g/mol. The zero-order valence-corrected chi connectivity index (χ0v) is 18.9. The van der Waals surface area contributed by atoms with Gasteiger partial charge < -0.3 is 14.7 Å². The van der Waals surface area contributed by atoms with Crippen molar-refractivity contribution in [3.63, 3.8) is 0 Å². The van der Waals surface area contributed by atoms with Crippen molar-refractivity contribution in [2.75, 3.05) is 18.1 Å². The first-order chi connectivity index (χ1) is 15.7. The fourth-order valence-electron chi connectivity index (χ4n) is 3.86. The number of hydrogen-bond acceptors (Lipinski definition) is 5. The number of carbonyl (C=O) groups excluding carboxylic acids is 1. The second kappa shape index (κ2) is 8.90. The first-order valence-corrected chi connectivity index (χ1v) is 10.7. The molecule has 8 nitrogen and oxygen atoms in total. The minimum atomic E-state index is -1.01. The van der Waals surface area contributed by atoms with Crippen LogP contribution in [0, 0.1) is 0 Å². The Morgan fingerprint density at radius 2 is 1.76 bits per heavy atom. The number of ether oxygens (including phenoxy) is 1. The molecule has 170 valence electrons. The van der Waals surface area contributed by atoms with E-state index < -0.39 is 11.6 Å². The number of benzene rings is 2. The maximum absolute atomic E-state index is 13.3. The van der Waals surface area contributed by atoms with Crippen LogP contribution in [0.15, 0.2) is 60.9 Å². The Morgan fingerprint density at radius 1 is 1.09 bits per heavy atom. The average molecular weight is 447 g/mol. The summed E-state index contributed by atoms with van der Waals surface area (Å²) in [5.41, 5.74) is 2.20. The molecule has 0 bridgehead atoms. The lowest BCUT2D eigenvalue weighted by molar-refractivity contribution is 0.0738. The highest BCUT2D eigenvalue weighted by Gasteiger charge is 2.28. The molecule has 1 aromatic heterocycles. The number of amides is 2. The summed E-state index contributed by atoms with van der Waals surface area (Å²) in [5, 5.41) is 9.63. The highest BCUT2D eigenvalue weighted by molar-refractivity contribution is 5.98. The van der Waals surface area contributed by atoms with Crippen LogP contribution >= 0.6 is 0 Å². The topological polar surface area (TPSA) is 95.9 Å². The van der Waals surface area contributed by atoms with Crippen molar-refractivity contribution in [3.05, 3.63) is 72.3 Å². The van der Waals surface area contributed by atoms with E-state index in [4.69, 9.17) is 4.74 Å². The molecule has 0 saturated heterocycles. The molecule has 8 heteroatoms. The van der Waals surface area contributed by atoms with E-state index in [0.717, 1.165) is 11.1 Å². The summed E-state index contributed by atoms with van der Waals surface area (Å²) >= 11 is 0. The summed E-state index contributed by atoms with van der Waals surface area (Å²) in [6, 6.07) is 14.5. The summed E-state index contributed by atoms with van der Waals surface area (Å²) in [5.74, 6) is 0.975. The summed E-state index contributed by atoms with van der Waals surface area (Å²) in [6.07, 6.45) is 2.30. The van der Waals surface area contributed by atoms with E-state index in [-0.39, 0.29) is 5.91 Å². The molecule has 1 N–H and O–H groups in total. The molecular weight excluding hydrogens is 420 g/mol. The van der Waals surface area contributed by atoms with Gasteiger partial charge in [-0.25, -0.2) is 14.8 Å². The Hall–Kier alpha value is -3.94. The molecule has 2 aromatic carbocycles. The van der Waals surface area contributed by atoms with Crippen molar-refractivity contribution in [1.29, 1.82) is 0 Å². The third kappa shape index (κ3) is 4.79. The van der Waals surface area contributed by atoms with Crippen molar-refractivity contribution in [3.8, 4) is 16.9 Å². The third-order valence-electron chi connectivity index (χ3n) is 5.39. The van der Waals surface area contributed by atoms with E-state index in [1.165, 1.54) is 4.90 Å². The molecule has 0 radical (unpaired) electrons. The van der Waals surface area contributed by atoms with Gasteiger partial charge in [0.1, 0.15) is 18.2 Å². The molecule has 1 aliphatic rings. The van der Waals surface area contributed by atoms with Gasteiger partial charge in [0.25, 0.3) is 5.91 Å². The number of rotatable bonds is 4. The lowest BCUT2D eigenvalue weighted by atomic mass is 10.00. The summed E-state index contributed by atoms with van der Waals surface area (Å²) in [6.45, 7) is 6.67. The Morgan fingerprint density at radius 3 is 2.39 bits per heavy atom. The number of anilines is 1. The lowest BCUT2D eigenvalue weighted by Gasteiger charge is -2.33. The van der Waals surface area contributed by atoms with Crippen LogP contribution in [0.1, 0.15) is 37.0 Å². The van der Waals surface area contributed by atoms with Gasteiger partial charge in [0.2, 0.25) is 0 Å². The van der Waals surface area contributed by atoms with Crippen LogP contribution in [0.25, 0.3) is 11.1 Å². The normalized spacial score (nSPS) is 13.7. The molecule has 0 fully saturated rings. The van der Waals surface area contributed by atoms with Gasteiger partial charge >= 0.3 is 6.09 Å². The molecular formula is C25H26N4O4. The third-order valence-corrected chi connectivity index (χ3v) is 5.39. The standard InChI is InChI=1S/C25H26N4O4/c1-25(2,3)29(24(31)32)19-8-5-17(6-9-19)18-7-10-21-20(15-18)23(30)28(13-14-33-21)16-22-26-11-4-12-27-22/h4-12,15H,13-14,16H2,1-3H3,(H,31,32). The molecule has 2 amide bonds. The largest absolute Gasteiger partial charge is 0.491 e.